The quantitative estimate of drug-likeness (QED) is 0.680. The molecule has 0 radical (unpaired) electrons. The number of carbonyl (C=O) groups is 2. The molecule has 0 spiro atoms. The van der Waals surface area contributed by atoms with Crippen LogP contribution in [0, 0.1) is 5.92 Å². The maximum absolute atomic E-state index is 11.3. The van der Waals surface area contributed by atoms with Crippen molar-refractivity contribution in [1.29, 1.82) is 0 Å². The number of carboxylic acids is 1. The average molecular weight is 215 g/mol. The summed E-state index contributed by atoms with van der Waals surface area (Å²) in [6, 6.07) is -0.737. The van der Waals surface area contributed by atoms with Crippen molar-refractivity contribution < 1.29 is 14.7 Å². The molecule has 0 fully saturated rings. The largest absolute Gasteiger partial charge is 0.480 e. The van der Waals surface area contributed by atoms with Gasteiger partial charge in [-0.3, -0.25) is 4.79 Å². The monoisotopic (exact) mass is 215 g/mol. The molecule has 0 aliphatic rings. The van der Waals surface area contributed by atoms with Crippen molar-refractivity contribution >= 4 is 11.9 Å². The standard InChI is InChI=1S/C11H21NO3/c1-4-7-9(13)12-10(11(14)15)8(5-2)6-3/h8,10H,4-7H2,1-3H3,(H,12,13)(H,14,15). The van der Waals surface area contributed by atoms with E-state index in [1.165, 1.54) is 0 Å². The number of hydrogen-bond acceptors (Lipinski definition) is 2. The lowest BCUT2D eigenvalue weighted by molar-refractivity contribution is -0.143. The lowest BCUT2D eigenvalue weighted by atomic mass is 9.94. The molecule has 2 N–H and O–H groups in total. The molecule has 0 rings (SSSR count). The minimum atomic E-state index is -0.937. The van der Waals surface area contributed by atoms with Crippen molar-refractivity contribution in [3.8, 4) is 0 Å². The summed E-state index contributed by atoms with van der Waals surface area (Å²) in [5, 5.41) is 11.6. The minimum Gasteiger partial charge on any atom is -0.480 e. The Labute approximate surface area is 91.1 Å². The van der Waals surface area contributed by atoms with Crippen LogP contribution >= 0.6 is 0 Å². The first-order valence-electron chi connectivity index (χ1n) is 5.58. The first kappa shape index (κ1) is 13.9. The third-order valence-electron chi connectivity index (χ3n) is 2.58. The van der Waals surface area contributed by atoms with Gasteiger partial charge in [0.1, 0.15) is 6.04 Å². The van der Waals surface area contributed by atoms with Crippen LogP contribution in [0.5, 0.6) is 0 Å². The van der Waals surface area contributed by atoms with Crippen LogP contribution in [0.2, 0.25) is 0 Å². The van der Waals surface area contributed by atoms with Gasteiger partial charge in [0.2, 0.25) is 5.91 Å². The number of aliphatic carboxylic acids is 1. The molecule has 0 aromatic rings. The van der Waals surface area contributed by atoms with E-state index in [1.54, 1.807) is 0 Å². The highest BCUT2D eigenvalue weighted by Crippen LogP contribution is 2.13. The van der Waals surface area contributed by atoms with Crippen molar-refractivity contribution in [2.24, 2.45) is 5.92 Å². The Bertz CT molecular complexity index is 212. The summed E-state index contributed by atoms with van der Waals surface area (Å²) in [7, 11) is 0. The Hall–Kier alpha value is -1.06. The van der Waals surface area contributed by atoms with E-state index >= 15 is 0 Å². The molecule has 1 atom stereocenters. The van der Waals surface area contributed by atoms with Gasteiger partial charge in [0.05, 0.1) is 0 Å². The molecule has 4 heteroatoms. The van der Waals surface area contributed by atoms with E-state index in [2.05, 4.69) is 5.32 Å². The smallest absolute Gasteiger partial charge is 0.326 e. The van der Waals surface area contributed by atoms with Crippen molar-refractivity contribution in [3.63, 3.8) is 0 Å². The molecule has 0 aromatic heterocycles. The van der Waals surface area contributed by atoms with E-state index in [9.17, 15) is 9.59 Å². The average Bonchev–Trinajstić information content (AvgIpc) is 2.18. The summed E-state index contributed by atoms with van der Waals surface area (Å²) in [5.41, 5.74) is 0. The van der Waals surface area contributed by atoms with Gasteiger partial charge < -0.3 is 10.4 Å². The van der Waals surface area contributed by atoms with Crippen LogP contribution in [0.25, 0.3) is 0 Å². The number of amides is 1. The van der Waals surface area contributed by atoms with Crippen LogP contribution in [0.15, 0.2) is 0 Å². The van der Waals surface area contributed by atoms with E-state index in [0.717, 1.165) is 19.3 Å². The van der Waals surface area contributed by atoms with Crippen LogP contribution in [0.4, 0.5) is 0 Å². The van der Waals surface area contributed by atoms with Gasteiger partial charge in [0, 0.05) is 6.42 Å². The summed E-state index contributed by atoms with van der Waals surface area (Å²) in [4.78, 5) is 22.3. The first-order chi connectivity index (χ1) is 7.06. The van der Waals surface area contributed by atoms with E-state index in [4.69, 9.17) is 5.11 Å². The zero-order chi connectivity index (χ0) is 11.8. The summed E-state index contributed by atoms with van der Waals surface area (Å²) < 4.78 is 0. The Kier molecular flexibility index (Phi) is 6.75. The van der Waals surface area contributed by atoms with Gasteiger partial charge in [-0.05, 0) is 12.3 Å². The fraction of sp³-hybridized carbons (Fsp3) is 0.818. The topological polar surface area (TPSA) is 66.4 Å². The molecule has 0 aromatic carbocycles. The highest BCUT2D eigenvalue weighted by molar-refractivity contribution is 5.83. The van der Waals surface area contributed by atoms with Gasteiger partial charge in [0.15, 0.2) is 0 Å². The summed E-state index contributed by atoms with van der Waals surface area (Å²) in [6.07, 6.45) is 2.66. The number of carbonyl (C=O) groups excluding carboxylic acids is 1. The normalized spacial score (nSPS) is 12.5. The zero-order valence-electron chi connectivity index (χ0n) is 9.75. The van der Waals surface area contributed by atoms with Gasteiger partial charge in [-0.25, -0.2) is 4.79 Å². The second kappa shape index (κ2) is 7.26. The van der Waals surface area contributed by atoms with Crippen LogP contribution in [-0.2, 0) is 9.59 Å². The number of nitrogens with one attached hydrogen (secondary N) is 1. The highest BCUT2D eigenvalue weighted by atomic mass is 16.4. The van der Waals surface area contributed by atoms with Crippen molar-refractivity contribution in [2.75, 3.05) is 0 Å². The van der Waals surface area contributed by atoms with Gasteiger partial charge >= 0.3 is 5.97 Å². The van der Waals surface area contributed by atoms with Crippen molar-refractivity contribution in [1.82, 2.24) is 5.32 Å². The molecular weight excluding hydrogens is 194 g/mol. The molecule has 1 unspecified atom stereocenters. The Morgan fingerprint density at radius 2 is 1.73 bits per heavy atom. The summed E-state index contributed by atoms with van der Waals surface area (Å²) in [6.45, 7) is 5.78. The summed E-state index contributed by atoms with van der Waals surface area (Å²) in [5.74, 6) is -1.09. The molecule has 0 saturated carbocycles. The third kappa shape index (κ3) is 4.81. The third-order valence-corrected chi connectivity index (χ3v) is 2.58. The molecule has 0 aliphatic heterocycles. The van der Waals surface area contributed by atoms with Crippen LogP contribution in [0.1, 0.15) is 46.5 Å². The van der Waals surface area contributed by atoms with Gasteiger partial charge in [-0.15, -0.1) is 0 Å². The van der Waals surface area contributed by atoms with Gasteiger partial charge in [-0.1, -0.05) is 33.6 Å². The lowest BCUT2D eigenvalue weighted by Crippen LogP contribution is -2.45. The molecule has 15 heavy (non-hydrogen) atoms. The molecule has 0 saturated heterocycles. The fourth-order valence-corrected chi connectivity index (χ4v) is 1.61. The fourth-order valence-electron chi connectivity index (χ4n) is 1.61. The number of hydrogen-bond donors (Lipinski definition) is 2. The Morgan fingerprint density at radius 3 is 2.07 bits per heavy atom. The first-order valence-corrected chi connectivity index (χ1v) is 5.58. The lowest BCUT2D eigenvalue weighted by Gasteiger charge is -2.22. The van der Waals surface area contributed by atoms with Crippen LogP contribution < -0.4 is 5.32 Å². The van der Waals surface area contributed by atoms with Gasteiger partial charge in [0.25, 0.3) is 0 Å². The Balaban J connectivity index is 4.39. The summed E-state index contributed by atoms with van der Waals surface area (Å²) >= 11 is 0. The Morgan fingerprint density at radius 1 is 1.20 bits per heavy atom. The predicted molar refractivity (Wildman–Crippen MR) is 58.5 cm³/mol. The van der Waals surface area contributed by atoms with E-state index in [-0.39, 0.29) is 11.8 Å². The zero-order valence-corrected chi connectivity index (χ0v) is 9.75. The van der Waals surface area contributed by atoms with E-state index in [0.29, 0.717) is 6.42 Å². The highest BCUT2D eigenvalue weighted by Gasteiger charge is 2.26. The molecule has 88 valence electrons. The molecule has 0 bridgehead atoms. The van der Waals surface area contributed by atoms with Crippen LogP contribution in [0.3, 0.4) is 0 Å². The molecule has 1 amide bonds. The maximum atomic E-state index is 11.3. The molecule has 0 aliphatic carbocycles. The molecule has 4 nitrogen and oxygen atoms in total. The van der Waals surface area contributed by atoms with Crippen molar-refractivity contribution in [3.05, 3.63) is 0 Å². The minimum absolute atomic E-state index is 0.0170. The molecular formula is C11H21NO3. The number of rotatable bonds is 7. The van der Waals surface area contributed by atoms with E-state index in [1.807, 2.05) is 20.8 Å². The second-order valence-electron chi connectivity index (χ2n) is 3.71. The van der Waals surface area contributed by atoms with Crippen molar-refractivity contribution in [2.45, 2.75) is 52.5 Å². The van der Waals surface area contributed by atoms with Crippen LogP contribution in [-0.4, -0.2) is 23.0 Å². The SMILES string of the molecule is CCCC(=O)NC(C(=O)O)C(CC)CC. The number of carboxylic acid groups (broad SMARTS) is 1. The maximum Gasteiger partial charge on any atom is 0.326 e. The van der Waals surface area contributed by atoms with E-state index < -0.39 is 12.0 Å². The second-order valence-corrected chi connectivity index (χ2v) is 3.71. The molecule has 0 heterocycles. The van der Waals surface area contributed by atoms with Gasteiger partial charge in [-0.2, -0.15) is 0 Å². The predicted octanol–water partition coefficient (Wildman–Crippen LogP) is 1.79.